The Morgan fingerprint density at radius 3 is 2.35 bits per heavy atom. The van der Waals surface area contributed by atoms with E-state index in [1.807, 2.05) is 43.3 Å². The molecule has 0 fully saturated rings. The van der Waals surface area contributed by atoms with Crippen LogP contribution in [0, 0.1) is 0 Å². The summed E-state index contributed by atoms with van der Waals surface area (Å²) < 4.78 is 13.4. The van der Waals surface area contributed by atoms with Gasteiger partial charge in [-0.25, -0.2) is 4.68 Å². The summed E-state index contributed by atoms with van der Waals surface area (Å²) in [5, 5.41) is 10.4. The van der Waals surface area contributed by atoms with Crippen LogP contribution >= 0.6 is 23.2 Å². The van der Waals surface area contributed by atoms with Crippen LogP contribution in [-0.4, -0.2) is 29.3 Å². The molecule has 0 saturated heterocycles. The molecule has 0 aliphatic carbocycles. The summed E-state index contributed by atoms with van der Waals surface area (Å²) in [6.45, 7) is 2.44. The van der Waals surface area contributed by atoms with E-state index in [1.54, 1.807) is 54.4 Å². The fourth-order valence-electron chi connectivity index (χ4n) is 4.05. The van der Waals surface area contributed by atoms with Crippen molar-refractivity contribution < 1.29 is 14.3 Å². The quantitative estimate of drug-likeness (QED) is 0.235. The number of aromatic nitrogens is 2. The molecule has 0 atom stereocenters. The van der Waals surface area contributed by atoms with Crippen molar-refractivity contribution in [3.63, 3.8) is 0 Å². The van der Waals surface area contributed by atoms with Crippen LogP contribution in [0.5, 0.6) is 17.2 Å². The lowest BCUT2D eigenvalue weighted by atomic mass is 10.0. The van der Waals surface area contributed by atoms with Gasteiger partial charge in [-0.05, 0) is 78.4 Å². The van der Waals surface area contributed by atoms with Crippen LogP contribution in [0.4, 0.5) is 0 Å². The Morgan fingerprint density at radius 2 is 1.62 bits per heavy atom. The van der Waals surface area contributed by atoms with E-state index in [-0.39, 0.29) is 5.91 Å². The van der Waals surface area contributed by atoms with Gasteiger partial charge in [0.2, 0.25) is 0 Å². The molecule has 4 aromatic carbocycles. The maximum absolute atomic E-state index is 12.1. The smallest absolute Gasteiger partial charge is 0.251 e. The molecule has 0 spiro atoms. The van der Waals surface area contributed by atoms with Crippen LogP contribution in [0.15, 0.2) is 85.1 Å². The summed E-state index contributed by atoms with van der Waals surface area (Å²) in [5.74, 6) is 1.79. The topological polar surface area (TPSA) is 65.4 Å². The lowest BCUT2D eigenvalue weighted by Crippen LogP contribution is -2.22. The van der Waals surface area contributed by atoms with Crippen molar-refractivity contribution >= 4 is 39.9 Å². The molecule has 1 aromatic heterocycles. The van der Waals surface area contributed by atoms with E-state index in [0.717, 1.165) is 33.5 Å². The molecule has 1 amide bonds. The third-order valence-corrected chi connectivity index (χ3v) is 6.62. The van der Waals surface area contributed by atoms with Gasteiger partial charge in [0.1, 0.15) is 17.2 Å². The lowest BCUT2D eigenvalue weighted by Gasteiger charge is -2.13. The van der Waals surface area contributed by atoms with Gasteiger partial charge in [0.25, 0.3) is 5.91 Å². The van der Waals surface area contributed by atoms with Crippen molar-refractivity contribution in [1.82, 2.24) is 15.1 Å². The summed E-state index contributed by atoms with van der Waals surface area (Å²) in [4.78, 5) is 12.1. The Morgan fingerprint density at radius 1 is 0.892 bits per heavy atom. The van der Waals surface area contributed by atoms with Gasteiger partial charge in [-0.2, -0.15) is 5.10 Å². The van der Waals surface area contributed by atoms with Crippen molar-refractivity contribution in [2.24, 2.45) is 0 Å². The van der Waals surface area contributed by atoms with Gasteiger partial charge in [-0.3, -0.25) is 4.79 Å². The number of carbonyl (C=O) groups is 1. The van der Waals surface area contributed by atoms with E-state index in [0.29, 0.717) is 33.7 Å². The number of nitrogens with zero attached hydrogens (tertiary/aromatic N) is 2. The molecule has 0 unspecified atom stereocenters. The average Bonchev–Trinajstić information content (AvgIpc) is 3.33. The fraction of sp³-hybridized carbons (Fsp3) is 0.103. The number of hydrogen-bond acceptors (Lipinski definition) is 4. The van der Waals surface area contributed by atoms with Crippen molar-refractivity contribution in [3.05, 3.63) is 101 Å². The number of carbonyl (C=O) groups excluding carboxylic acids is 1. The second-order valence-corrected chi connectivity index (χ2v) is 9.10. The third-order valence-electron chi connectivity index (χ3n) is 5.89. The SMILES string of the molecule is CCNC(=O)c1ccc(Oc2cnn(-c3ccc(Cl)c(Cl)c3)c2-c2ccc3cc(OC)ccc3c2)cc1. The van der Waals surface area contributed by atoms with Gasteiger partial charge in [0.15, 0.2) is 5.75 Å². The second-order valence-electron chi connectivity index (χ2n) is 8.28. The maximum atomic E-state index is 12.1. The van der Waals surface area contributed by atoms with Gasteiger partial charge >= 0.3 is 0 Å². The van der Waals surface area contributed by atoms with Gasteiger partial charge < -0.3 is 14.8 Å². The molecule has 37 heavy (non-hydrogen) atoms. The normalized spacial score (nSPS) is 10.9. The van der Waals surface area contributed by atoms with E-state index in [4.69, 9.17) is 32.7 Å². The minimum absolute atomic E-state index is 0.130. The van der Waals surface area contributed by atoms with Crippen molar-refractivity contribution in [1.29, 1.82) is 0 Å². The van der Waals surface area contributed by atoms with Crippen molar-refractivity contribution in [2.75, 3.05) is 13.7 Å². The molecule has 5 aromatic rings. The molecule has 1 heterocycles. The van der Waals surface area contributed by atoms with Crippen LogP contribution in [0.3, 0.4) is 0 Å². The third kappa shape index (κ3) is 5.12. The standard InChI is InChI=1S/C29H23Cl2N3O3/c1-3-32-29(35)18-6-10-23(11-7-18)37-27-17-33-34(22-9-13-25(30)26(31)16-22)28(27)21-5-4-20-15-24(36-2)12-8-19(20)14-21/h4-17H,3H2,1-2H3,(H,32,35). The van der Waals surface area contributed by atoms with Crippen LogP contribution < -0.4 is 14.8 Å². The molecular weight excluding hydrogens is 509 g/mol. The Balaban J connectivity index is 1.59. The number of fused-ring (bicyclic) bond motifs is 1. The Kier molecular flexibility index (Phi) is 7.04. The molecule has 0 radical (unpaired) electrons. The first-order chi connectivity index (χ1) is 18.0. The Bertz CT molecular complexity index is 1600. The monoisotopic (exact) mass is 531 g/mol. The average molecular weight is 532 g/mol. The number of methoxy groups -OCH3 is 1. The minimum Gasteiger partial charge on any atom is -0.497 e. The first kappa shape index (κ1) is 24.7. The largest absolute Gasteiger partial charge is 0.497 e. The van der Waals surface area contributed by atoms with Gasteiger partial charge in [0, 0.05) is 17.7 Å². The van der Waals surface area contributed by atoms with Crippen LogP contribution in [0.1, 0.15) is 17.3 Å². The zero-order chi connectivity index (χ0) is 25.9. The summed E-state index contributed by atoms with van der Waals surface area (Å²) in [6, 6.07) is 24.4. The molecule has 186 valence electrons. The molecule has 0 saturated carbocycles. The lowest BCUT2D eigenvalue weighted by molar-refractivity contribution is 0.0956. The van der Waals surface area contributed by atoms with E-state index in [9.17, 15) is 4.79 Å². The first-order valence-electron chi connectivity index (χ1n) is 11.6. The number of halogens is 2. The summed E-state index contributed by atoms with van der Waals surface area (Å²) in [6.07, 6.45) is 1.66. The summed E-state index contributed by atoms with van der Waals surface area (Å²) >= 11 is 12.5. The highest BCUT2D eigenvalue weighted by molar-refractivity contribution is 6.42. The zero-order valence-corrected chi connectivity index (χ0v) is 21.7. The van der Waals surface area contributed by atoms with Crippen LogP contribution in [0.25, 0.3) is 27.7 Å². The van der Waals surface area contributed by atoms with Gasteiger partial charge in [0.05, 0.1) is 29.0 Å². The number of nitrogens with one attached hydrogen (secondary N) is 1. The first-order valence-corrected chi connectivity index (χ1v) is 12.4. The Hall–Kier alpha value is -4.00. The Labute approximate surface area is 224 Å². The number of ether oxygens (including phenoxy) is 2. The molecule has 8 heteroatoms. The van der Waals surface area contributed by atoms with Crippen molar-refractivity contribution in [3.8, 4) is 34.2 Å². The highest BCUT2D eigenvalue weighted by Gasteiger charge is 2.18. The number of rotatable bonds is 7. The van der Waals surface area contributed by atoms with Gasteiger partial charge in [-0.15, -0.1) is 0 Å². The van der Waals surface area contributed by atoms with E-state index < -0.39 is 0 Å². The molecule has 0 aliphatic heterocycles. The maximum Gasteiger partial charge on any atom is 0.251 e. The fourth-order valence-corrected chi connectivity index (χ4v) is 4.34. The van der Waals surface area contributed by atoms with Crippen LogP contribution in [-0.2, 0) is 0 Å². The van der Waals surface area contributed by atoms with E-state index in [1.165, 1.54) is 0 Å². The predicted molar refractivity (Wildman–Crippen MR) is 148 cm³/mol. The van der Waals surface area contributed by atoms with Crippen LogP contribution in [0.2, 0.25) is 10.0 Å². The van der Waals surface area contributed by atoms with Gasteiger partial charge in [-0.1, -0.05) is 41.4 Å². The zero-order valence-electron chi connectivity index (χ0n) is 20.2. The highest BCUT2D eigenvalue weighted by Crippen LogP contribution is 2.38. The number of amides is 1. The molecule has 0 aliphatic rings. The molecule has 6 nitrogen and oxygen atoms in total. The molecule has 1 N–H and O–H groups in total. The van der Waals surface area contributed by atoms with E-state index >= 15 is 0 Å². The molecule has 5 rings (SSSR count). The molecule has 0 bridgehead atoms. The summed E-state index contributed by atoms with van der Waals surface area (Å²) in [5.41, 5.74) is 2.94. The highest BCUT2D eigenvalue weighted by atomic mass is 35.5. The predicted octanol–water partition coefficient (Wildman–Crippen LogP) is 7.55. The molecular formula is C29H23Cl2N3O3. The van der Waals surface area contributed by atoms with Crippen molar-refractivity contribution in [2.45, 2.75) is 6.92 Å². The number of hydrogen-bond donors (Lipinski definition) is 1. The summed E-state index contributed by atoms with van der Waals surface area (Å²) in [7, 11) is 1.65. The number of benzene rings is 4. The van der Waals surface area contributed by atoms with E-state index in [2.05, 4.69) is 16.5 Å². The second kappa shape index (κ2) is 10.5. The minimum atomic E-state index is -0.130.